The van der Waals surface area contributed by atoms with Gasteiger partial charge in [0.05, 0.1) is 16.0 Å². The molecule has 2 aromatic rings. The lowest BCUT2D eigenvalue weighted by molar-refractivity contribution is 0.166. The van der Waals surface area contributed by atoms with Gasteiger partial charge in [-0.25, -0.2) is 4.98 Å². The van der Waals surface area contributed by atoms with Crippen molar-refractivity contribution in [2.75, 3.05) is 0 Å². The lowest BCUT2D eigenvalue weighted by Crippen LogP contribution is -2.01. The first-order chi connectivity index (χ1) is 8.70. The molecule has 0 saturated heterocycles. The number of thiazole rings is 1. The molecule has 0 fully saturated rings. The number of rotatable bonds is 5. The van der Waals surface area contributed by atoms with Crippen LogP contribution in [0.3, 0.4) is 0 Å². The maximum Gasteiger partial charge on any atom is 0.125 e. The summed E-state index contributed by atoms with van der Waals surface area (Å²) in [6, 6.07) is 7.63. The maximum atomic E-state index is 9.92. The Morgan fingerprint density at radius 1 is 1.39 bits per heavy atom. The lowest BCUT2D eigenvalue weighted by atomic mass is 10.1. The summed E-state index contributed by atoms with van der Waals surface area (Å²) < 4.78 is 5.77. The summed E-state index contributed by atoms with van der Waals surface area (Å²) in [5.74, 6) is 0.748. The van der Waals surface area contributed by atoms with Crippen molar-refractivity contribution < 1.29 is 9.84 Å². The Bertz CT molecular complexity index is 510. The number of nitrogens with zero attached hydrogens (tertiary/aromatic N) is 1. The van der Waals surface area contributed by atoms with Gasteiger partial charge in [-0.3, -0.25) is 0 Å². The molecule has 1 atom stereocenters. The van der Waals surface area contributed by atoms with Crippen molar-refractivity contribution in [1.29, 1.82) is 0 Å². The third-order valence-corrected chi connectivity index (χ3v) is 3.59. The zero-order valence-corrected chi connectivity index (χ0v) is 11.4. The molecule has 0 amide bonds. The number of hydrogen-bond acceptors (Lipinski definition) is 4. The van der Waals surface area contributed by atoms with Crippen LogP contribution in [0.15, 0.2) is 30.5 Å². The topological polar surface area (TPSA) is 42.4 Å². The van der Waals surface area contributed by atoms with E-state index in [1.54, 1.807) is 11.3 Å². The summed E-state index contributed by atoms with van der Waals surface area (Å²) in [7, 11) is 0. The van der Waals surface area contributed by atoms with E-state index in [1.807, 2.05) is 44.3 Å². The molecule has 2 rings (SSSR count). The van der Waals surface area contributed by atoms with Crippen LogP contribution < -0.4 is 4.74 Å². The van der Waals surface area contributed by atoms with Gasteiger partial charge in [0.1, 0.15) is 12.4 Å². The molecule has 0 aliphatic heterocycles. The second kappa shape index (κ2) is 5.98. The molecule has 1 aromatic heterocycles. The number of ether oxygens (including phenoxy) is 1. The highest BCUT2D eigenvalue weighted by atomic mass is 32.1. The summed E-state index contributed by atoms with van der Waals surface area (Å²) in [4.78, 5) is 5.28. The van der Waals surface area contributed by atoms with E-state index in [0.717, 1.165) is 21.2 Å². The highest BCUT2D eigenvalue weighted by Gasteiger charge is 2.11. The average molecular weight is 263 g/mol. The van der Waals surface area contributed by atoms with Gasteiger partial charge < -0.3 is 9.84 Å². The minimum atomic E-state index is -0.468. The van der Waals surface area contributed by atoms with Gasteiger partial charge in [-0.05, 0) is 19.4 Å². The monoisotopic (exact) mass is 263 g/mol. The predicted molar refractivity (Wildman–Crippen MR) is 72.9 cm³/mol. The molecule has 0 aliphatic carbocycles. The van der Waals surface area contributed by atoms with Gasteiger partial charge in [0.15, 0.2) is 0 Å². The molecule has 0 aliphatic rings. The standard InChI is InChI=1S/C14H17NO2S/c1-3-13(16)12-6-4-5-7-14(12)17-9-11-8-15-10(2)18-11/h4-8,13,16H,3,9H2,1-2H3/t13-/m1/s1. The minimum absolute atomic E-state index is 0.468. The summed E-state index contributed by atoms with van der Waals surface area (Å²) in [5, 5.41) is 11.0. The van der Waals surface area contributed by atoms with Gasteiger partial charge in [0.25, 0.3) is 0 Å². The molecule has 0 saturated carbocycles. The Hall–Kier alpha value is -1.39. The van der Waals surface area contributed by atoms with Gasteiger partial charge in [-0.1, -0.05) is 25.1 Å². The van der Waals surface area contributed by atoms with Gasteiger partial charge in [-0.15, -0.1) is 11.3 Å². The Morgan fingerprint density at radius 3 is 2.83 bits per heavy atom. The van der Waals surface area contributed by atoms with Gasteiger partial charge >= 0.3 is 0 Å². The van der Waals surface area contributed by atoms with Crippen LogP contribution in [0.4, 0.5) is 0 Å². The van der Waals surface area contributed by atoms with Crippen molar-refractivity contribution in [3.05, 3.63) is 45.9 Å². The summed E-state index contributed by atoms with van der Waals surface area (Å²) in [6.45, 7) is 4.43. The number of aliphatic hydroxyl groups is 1. The zero-order chi connectivity index (χ0) is 13.0. The first-order valence-electron chi connectivity index (χ1n) is 6.01. The Kier molecular flexibility index (Phi) is 4.33. The molecule has 1 heterocycles. The van der Waals surface area contributed by atoms with Crippen molar-refractivity contribution in [1.82, 2.24) is 4.98 Å². The molecule has 1 N–H and O–H groups in total. The van der Waals surface area contributed by atoms with Crippen molar-refractivity contribution >= 4 is 11.3 Å². The van der Waals surface area contributed by atoms with E-state index in [4.69, 9.17) is 4.74 Å². The number of hydrogen-bond donors (Lipinski definition) is 1. The average Bonchev–Trinajstić information content (AvgIpc) is 2.81. The quantitative estimate of drug-likeness (QED) is 0.898. The largest absolute Gasteiger partial charge is 0.488 e. The van der Waals surface area contributed by atoms with Crippen LogP contribution in [-0.4, -0.2) is 10.1 Å². The summed E-state index contributed by atoms with van der Waals surface area (Å²) >= 11 is 1.63. The number of aromatic nitrogens is 1. The molecule has 1 aromatic carbocycles. The van der Waals surface area contributed by atoms with Crippen LogP contribution in [0.25, 0.3) is 0 Å². The zero-order valence-electron chi connectivity index (χ0n) is 10.6. The van der Waals surface area contributed by atoms with Crippen molar-refractivity contribution in [3.63, 3.8) is 0 Å². The van der Waals surface area contributed by atoms with E-state index < -0.39 is 6.10 Å². The summed E-state index contributed by atoms with van der Waals surface area (Å²) in [5.41, 5.74) is 0.848. The Labute approximate surface area is 111 Å². The van der Waals surface area contributed by atoms with Crippen molar-refractivity contribution in [3.8, 4) is 5.75 Å². The molecule has 0 spiro atoms. The predicted octanol–water partition coefficient (Wildman–Crippen LogP) is 3.47. The van der Waals surface area contributed by atoms with Crippen LogP contribution >= 0.6 is 11.3 Å². The van der Waals surface area contributed by atoms with E-state index in [-0.39, 0.29) is 0 Å². The van der Waals surface area contributed by atoms with E-state index in [2.05, 4.69) is 4.98 Å². The normalized spacial score (nSPS) is 12.4. The van der Waals surface area contributed by atoms with E-state index in [0.29, 0.717) is 13.0 Å². The molecule has 0 radical (unpaired) electrons. The van der Waals surface area contributed by atoms with Crippen molar-refractivity contribution in [2.24, 2.45) is 0 Å². The molecule has 0 bridgehead atoms. The number of para-hydroxylation sites is 1. The molecule has 18 heavy (non-hydrogen) atoms. The number of aryl methyl sites for hydroxylation is 1. The summed E-state index contributed by atoms with van der Waals surface area (Å²) in [6.07, 6.45) is 2.04. The smallest absolute Gasteiger partial charge is 0.125 e. The first kappa shape index (κ1) is 13.1. The SMILES string of the molecule is CC[C@@H](O)c1ccccc1OCc1cnc(C)s1. The Morgan fingerprint density at radius 2 is 2.17 bits per heavy atom. The maximum absolute atomic E-state index is 9.92. The van der Waals surface area contributed by atoms with Gasteiger partial charge in [0.2, 0.25) is 0 Å². The van der Waals surface area contributed by atoms with E-state index in [1.165, 1.54) is 0 Å². The fraction of sp³-hybridized carbons (Fsp3) is 0.357. The van der Waals surface area contributed by atoms with Crippen LogP contribution in [0.2, 0.25) is 0 Å². The van der Waals surface area contributed by atoms with E-state index in [9.17, 15) is 5.11 Å². The first-order valence-corrected chi connectivity index (χ1v) is 6.83. The lowest BCUT2D eigenvalue weighted by Gasteiger charge is -2.14. The molecule has 3 nitrogen and oxygen atoms in total. The molecule has 96 valence electrons. The second-order valence-corrected chi connectivity index (χ2v) is 5.42. The van der Waals surface area contributed by atoms with Crippen LogP contribution in [0.5, 0.6) is 5.75 Å². The third-order valence-electron chi connectivity index (χ3n) is 2.70. The minimum Gasteiger partial charge on any atom is -0.488 e. The molecule has 0 unspecified atom stereocenters. The highest BCUT2D eigenvalue weighted by molar-refractivity contribution is 7.11. The van der Waals surface area contributed by atoms with Crippen LogP contribution in [-0.2, 0) is 6.61 Å². The van der Waals surface area contributed by atoms with Crippen LogP contribution in [0.1, 0.15) is 34.9 Å². The number of aliphatic hydroxyl groups excluding tert-OH is 1. The van der Waals surface area contributed by atoms with Crippen molar-refractivity contribution in [2.45, 2.75) is 33.0 Å². The molecular weight excluding hydrogens is 246 g/mol. The molecular formula is C14H17NO2S. The third kappa shape index (κ3) is 3.09. The van der Waals surface area contributed by atoms with Gasteiger partial charge in [0, 0.05) is 11.8 Å². The number of benzene rings is 1. The molecule has 4 heteroatoms. The second-order valence-electron chi connectivity index (χ2n) is 4.10. The fourth-order valence-corrected chi connectivity index (χ4v) is 2.44. The van der Waals surface area contributed by atoms with Gasteiger partial charge in [-0.2, -0.15) is 0 Å². The van der Waals surface area contributed by atoms with E-state index >= 15 is 0 Å². The fourth-order valence-electron chi connectivity index (χ4n) is 1.73. The Balaban J connectivity index is 2.09. The highest BCUT2D eigenvalue weighted by Crippen LogP contribution is 2.27. The van der Waals surface area contributed by atoms with Crippen LogP contribution in [0, 0.1) is 6.92 Å².